The molecule has 1 aromatic carbocycles. The molecule has 2 heterocycles. The third-order valence-electron chi connectivity index (χ3n) is 3.39. The highest BCUT2D eigenvalue weighted by Crippen LogP contribution is 2.23. The van der Waals surface area contributed by atoms with E-state index in [9.17, 15) is 9.59 Å². The van der Waals surface area contributed by atoms with Crippen molar-refractivity contribution in [3.05, 3.63) is 29.8 Å². The number of carbonyl (C=O) groups is 2. The molecule has 0 radical (unpaired) electrons. The highest BCUT2D eigenvalue weighted by molar-refractivity contribution is 7.99. The Balaban J connectivity index is 1.49. The molecule has 0 unspecified atom stereocenters. The van der Waals surface area contributed by atoms with Crippen LogP contribution in [0.15, 0.2) is 33.9 Å². The molecule has 3 amide bonds. The van der Waals surface area contributed by atoms with Gasteiger partial charge in [-0.15, -0.1) is 10.2 Å². The number of aromatic nitrogens is 2. The number of thioether (sulfide) groups is 1. The predicted octanol–water partition coefficient (Wildman–Crippen LogP) is 2.08. The molecule has 0 atom stereocenters. The van der Waals surface area contributed by atoms with E-state index >= 15 is 0 Å². The van der Waals surface area contributed by atoms with Crippen LogP contribution in [-0.4, -0.2) is 45.9 Å². The maximum Gasteiger partial charge on any atom is 0.324 e. The number of carbonyl (C=O) groups excluding carboxylic acids is 2. The molecule has 1 N–H and O–H groups in total. The zero-order valence-corrected chi connectivity index (χ0v) is 13.4. The zero-order chi connectivity index (χ0) is 16.2. The van der Waals surface area contributed by atoms with E-state index in [0.717, 1.165) is 5.56 Å². The van der Waals surface area contributed by atoms with Crippen molar-refractivity contribution in [1.82, 2.24) is 20.4 Å². The highest BCUT2D eigenvalue weighted by atomic mass is 32.2. The standard InChI is InChI=1S/C15H16N4O3S/c1-10-3-5-11(6-4-10)13-17-18-15(22-13)23-8-2-7-19-12(20)9-16-14(19)21/h3-6H,2,7-9H2,1H3,(H,16,21). The summed E-state index contributed by atoms with van der Waals surface area (Å²) in [4.78, 5) is 24.0. The van der Waals surface area contributed by atoms with E-state index in [0.29, 0.717) is 29.8 Å². The second-order valence-corrected chi connectivity index (χ2v) is 6.19. The van der Waals surface area contributed by atoms with Crippen molar-refractivity contribution < 1.29 is 14.0 Å². The SMILES string of the molecule is Cc1ccc(-c2nnc(SCCCN3C(=O)CNC3=O)o2)cc1. The molecule has 0 aliphatic carbocycles. The summed E-state index contributed by atoms with van der Waals surface area (Å²) in [5.74, 6) is 0.994. The van der Waals surface area contributed by atoms with E-state index in [1.165, 1.54) is 22.2 Å². The lowest BCUT2D eigenvalue weighted by molar-refractivity contribution is -0.124. The number of imide groups is 1. The predicted molar refractivity (Wildman–Crippen MR) is 84.9 cm³/mol. The Morgan fingerprint density at radius 3 is 2.74 bits per heavy atom. The molecule has 3 rings (SSSR count). The second-order valence-electron chi connectivity index (χ2n) is 5.15. The molecule has 1 aromatic heterocycles. The third kappa shape index (κ3) is 3.70. The van der Waals surface area contributed by atoms with Crippen molar-refractivity contribution in [1.29, 1.82) is 0 Å². The zero-order valence-electron chi connectivity index (χ0n) is 12.6. The molecule has 1 fully saturated rings. The molecule has 1 aliphatic heterocycles. The molecular formula is C15H16N4O3S. The minimum Gasteiger partial charge on any atom is -0.411 e. The number of urea groups is 1. The molecule has 1 aliphatic rings. The van der Waals surface area contributed by atoms with E-state index in [1.807, 2.05) is 31.2 Å². The number of hydrogen-bond donors (Lipinski definition) is 1. The topological polar surface area (TPSA) is 88.3 Å². The summed E-state index contributed by atoms with van der Waals surface area (Å²) >= 11 is 1.41. The largest absolute Gasteiger partial charge is 0.411 e. The van der Waals surface area contributed by atoms with Crippen molar-refractivity contribution in [2.45, 2.75) is 18.6 Å². The summed E-state index contributed by atoms with van der Waals surface area (Å²) in [6, 6.07) is 7.54. The van der Waals surface area contributed by atoms with Gasteiger partial charge in [-0.1, -0.05) is 29.5 Å². The van der Waals surface area contributed by atoms with Crippen molar-refractivity contribution in [2.75, 3.05) is 18.8 Å². The summed E-state index contributed by atoms with van der Waals surface area (Å²) in [6.07, 6.45) is 0.673. The number of rotatable bonds is 6. The van der Waals surface area contributed by atoms with Crippen LogP contribution in [0.25, 0.3) is 11.5 Å². The van der Waals surface area contributed by atoms with Gasteiger partial charge in [-0.05, 0) is 25.5 Å². The number of amides is 3. The van der Waals surface area contributed by atoms with Crippen molar-refractivity contribution >= 4 is 23.7 Å². The summed E-state index contributed by atoms with van der Waals surface area (Å²) in [5.41, 5.74) is 2.05. The summed E-state index contributed by atoms with van der Waals surface area (Å²) in [7, 11) is 0. The number of benzene rings is 1. The first-order valence-corrected chi connectivity index (χ1v) is 8.23. The summed E-state index contributed by atoms with van der Waals surface area (Å²) in [5, 5.41) is 11.0. The van der Waals surface area contributed by atoms with Crippen LogP contribution in [-0.2, 0) is 4.79 Å². The Morgan fingerprint density at radius 2 is 2.04 bits per heavy atom. The van der Waals surface area contributed by atoms with Gasteiger partial charge >= 0.3 is 6.03 Å². The lowest BCUT2D eigenvalue weighted by Gasteiger charge is -2.10. The van der Waals surface area contributed by atoms with Crippen molar-refractivity contribution in [2.24, 2.45) is 0 Å². The van der Waals surface area contributed by atoms with Crippen molar-refractivity contribution in [3.8, 4) is 11.5 Å². The van der Waals surface area contributed by atoms with Gasteiger partial charge in [-0.3, -0.25) is 9.69 Å². The van der Waals surface area contributed by atoms with E-state index in [1.54, 1.807) is 0 Å². The van der Waals surface area contributed by atoms with Crippen LogP contribution in [0.3, 0.4) is 0 Å². The van der Waals surface area contributed by atoms with Gasteiger partial charge in [-0.2, -0.15) is 0 Å². The molecule has 0 saturated carbocycles. The molecule has 0 spiro atoms. The Morgan fingerprint density at radius 1 is 1.26 bits per heavy atom. The van der Waals surface area contributed by atoms with E-state index < -0.39 is 0 Å². The average Bonchev–Trinajstić information content (AvgIpc) is 3.13. The van der Waals surface area contributed by atoms with Gasteiger partial charge in [0.1, 0.15) is 0 Å². The first kappa shape index (κ1) is 15.5. The Bertz CT molecular complexity index is 698. The fraction of sp³-hybridized carbons (Fsp3) is 0.333. The summed E-state index contributed by atoms with van der Waals surface area (Å²) < 4.78 is 5.60. The molecular weight excluding hydrogens is 316 g/mol. The first-order valence-electron chi connectivity index (χ1n) is 7.25. The molecule has 8 heteroatoms. The van der Waals surface area contributed by atoms with Gasteiger partial charge in [0.15, 0.2) is 0 Å². The fourth-order valence-corrected chi connectivity index (χ4v) is 2.83. The van der Waals surface area contributed by atoms with Crippen LogP contribution in [0.4, 0.5) is 4.79 Å². The Hall–Kier alpha value is -2.35. The van der Waals surface area contributed by atoms with Gasteiger partial charge in [0.2, 0.25) is 11.8 Å². The lowest BCUT2D eigenvalue weighted by atomic mass is 10.1. The third-order valence-corrected chi connectivity index (χ3v) is 4.30. The van der Waals surface area contributed by atoms with Gasteiger partial charge in [-0.25, -0.2) is 4.79 Å². The maximum absolute atomic E-state index is 11.4. The quantitative estimate of drug-likeness (QED) is 0.495. The molecule has 1 saturated heterocycles. The molecule has 2 aromatic rings. The molecule has 7 nitrogen and oxygen atoms in total. The Labute approximate surface area is 137 Å². The van der Waals surface area contributed by atoms with Crippen LogP contribution < -0.4 is 5.32 Å². The van der Waals surface area contributed by atoms with Crippen LogP contribution in [0.2, 0.25) is 0 Å². The smallest absolute Gasteiger partial charge is 0.324 e. The van der Waals surface area contributed by atoms with E-state index in [-0.39, 0.29) is 18.5 Å². The number of aryl methyl sites for hydroxylation is 1. The van der Waals surface area contributed by atoms with Crippen LogP contribution in [0, 0.1) is 6.92 Å². The monoisotopic (exact) mass is 332 g/mol. The fourth-order valence-electron chi connectivity index (χ4n) is 2.14. The average molecular weight is 332 g/mol. The van der Waals surface area contributed by atoms with Gasteiger partial charge in [0.05, 0.1) is 6.54 Å². The van der Waals surface area contributed by atoms with Crippen LogP contribution in [0.5, 0.6) is 0 Å². The van der Waals surface area contributed by atoms with E-state index in [4.69, 9.17) is 4.42 Å². The van der Waals surface area contributed by atoms with Crippen LogP contribution >= 0.6 is 11.8 Å². The highest BCUT2D eigenvalue weighted by Gasteiger charge is 2.27. The normalized spacial score (nSPS) is 14.4. The number of nitrogens with zero attached hydrogens (tertiary/aromatic N) is 3. The Kier molecular flexibility index (Phi) is 4.61. The number of nitrogens with one attached hydrogen (secondary N) is 1. The van der Waals surface area contributed by atoms with Gasteiger partial charge in [0, 0.05) is 17.9 Å². The lowest BCUT2D eigenvalue weighted by Crippen LogP contribution is -2.32. The summed E-state index contributed by atoms with van der Waals surface area (Å²) in [6.45, 7) is 2.51. The van der Waals surface area contributed by atoms with Crippen molar-refractivity contribution in [3.63, 3.8) is 0 Å². The first-order chi connectivity index (χ1) is 11.1. The van der Waals surface area contributed by atoms with Gasteiger partial charge < -0.3 is 9.73 Å². The maximum atomic E-state index is 11.4. The molecule has 23 heavy (non-hydrogen) atoms. The second kappa shape index (κ2) is 6.82. The number of hydrogen-bond acceptors (Lipinski definition) is 6. The minimum atomic E-state index is -0.320. The molecule has 120 valence electrons. The molecule has 0 bridgehead atoms. The van der Waals surface area contributed by atoms with Crippen LogP contribution in [0.1, 0.15) is 12.0 Å². The van der Waals surface area contributed by atoms with E-state index in [2.05, 4.69) is 15.5 Å². The van der Waals surface area contributed by atoms with Gasteiger partial charge in [0.25, 0.3) is 5.22 Å². The minimum absolute atomic E-state index is 0.0928.